The Balaban J connectivity index is 1.97. The number of anilines is 1. The summed E-state index contributed by atoms with van der Waals surface area (Å²) in [5, 5.41) is 7.04. The topological polar surface area (TPSA) is 37.3 Å². The van der Waals surface area contributed by atoms with Crippen molar-refractivity contribution in [3.05, 3.63) is 22.6 Å². The summed E-state index contributed by atoms with van der Waals surface area (Å²) in [7, 11) is 0. The van der Waals surface area contributed by atoms with E-state index in [1.165, 1.54) is 10.7 Å². The van der Waals surface area contributed by atoms with Crippen LogP contribution in [0.3, 0.4) is 0 Å². The van der Waals surface area contributed by atoms with Crippen molar-refractivity contribution in [2.75, 3.05) is 11.2 Å². The zero-order valence-electron chi connectivity index (χ0n) is 7.86. The van der Waals surface area contributed by atoms with Gasteiger partial charge in [0.05, 0.1) is 5.71 Å². The van der Waals surface area contributed by atoms with E-state index in [-0.39, 0.29) is 0 Å². The molecule has 0 fully saturated rings. The SMILES string of the molecule is C/C(=N\Nc1nccs1)C1=CCCS1. The van der Waals surface area contributed by atoms with Crippen molar-refractivity contribution in [2.45, 2.75) is 13.3 Å². The van der Waals surface area contributed by atoms with E-state index in [0.717, 1.165) is 17.3 Å². The number of aromatic nitrogens is 1. The zero-order valence-corrected chi connectivity index (χ0v) is 9.49. The van der Waals surface area contributed by atoms with Gasteiger partial charge in [-0.1, -0.05) is 6.08 Å². The maximum atomic E-state index is 4.27. The van der Waals surface area contributed by atoms with Crippen molar-refractivity contribution in [1.29, 1.82) is 0 Å². The Hall–Kier alpha value is -0.810. The van der Waals surface area contributed by atoms with Gasteiger partial charge >= 0.3 is 0 Å². The second kappa shape index (κ2) is 4.61. The van der Waals surface area contributed by atoms with Crippen LogP contribution in [0.25, 0.3) is 0 Å². The van der Waals surface area contributed by atoms with Crippen LogP contribution < -0.4 is 5.43 Å². The second-order valence-corrected chi connectivity index (χ2v) is 4.88. The molecular weight excluding hydrogens is 214 g/mol. The standard InChI is InChI=1S/C9H11N3S2/c1-7(8-3-2-5-13-8)11-12-9-10-4-6-14-9/h3-4,6H,2,5H2,1H3,(H,10,12)/b11-7+. The number of nitrogens with one attached hydrogen (secondary N) is 1. The summed E-state index contributed by atoms with van der Waals surface area (Å²) in [5.41, 5.74) is 3.99. The highest BCUT2D eigenvalue weighted by Gasteiger charge is 2.07. The van der Waals surface area contributed by atoms with Crippen molar-refractivity contribution in [3.63, 3.8) is 0 Å². The van der Waals surface area contributed by atoms with Gasteiger partial charge in [-0.15, -0.1) is 23.1 Å². The molecule has 0 saturated carbocycles. The van der Waals surface area contributed by atoms with E-state index >= 15 is 0 Å². The smallest absolute Gasteiger partial charge is 0.203 e. The minimum absolute atomic E-state index is 0.841. The number of hydrogen-bond acceptors (Lipinski definition) is 5. The molecule has 1 aliphatic rings. The van der Waals surface area contributed by atoms with E-state index in [9.17, 15) is 0 Å². The third kappa shape index (κ3) is 2.36. The summed E-state index contributed by atoms with van der Waals surface area (Å²) in [6.45, 7) is 2.02. The molecular formula is C9H11N3S2. The van der Waals surface area contributed by atoms with E-state index in [0.29, 0.717) is 0 Å². The molecule has 0 saturated heterocycles. The fourth-order valence-electron chi connectivity index (χ4n) is 1.14. The van der Waals surface area contributed by atoms with Crippen LogP contribution in [-0.4, -0.2) is 16.4 Å². The first kappa shape index (κ1) is 9.73. The maximum Gasteiger partial charge on any atom is 0.203 e. The van der Waals surface area contributed by atoms with Crippen molar-refractivity contribution < 1.29 is 0 Å². The van der Waals surface area contributed by atoms with Gasteiger partial charge in [0, 0.05) is 22.2 Å². The molecule has 2 rings (SSSR count). The zero-order chi connectivity index (χ0) is 9.80. The van der Waals surface area contributed by atoms with E-state index in [4.69, 9.17) is 0 Å². The molecule has 5 heteroatoms. The number of thioether (sulfide) groups is 1. The first-order chi connectivity index (χ1) is 6.86. The average molecular weight is 225 g/mol. The monoisotopic (exact) mass is 225 g/mol. The average Bonchev–Trinajstić information content (AvgIpc) is 2.87. The number of rotatable bonds is 3. The summed E-state index contributed by atoms with van der Waals surface area (Å²) >= 11 is 3.41. The van der Waals surface area contributed by atoms with Crippen molar-refractivity contribution in [3.8, 4) is 0 Å². The predicted molar refractivity (Wildman–Crippen MR) is 64.0 cm³/mol. The Morgan fingerprint density at radius 3 is 3.21 bits per heavy atom. The molecule has 2 heterocycles. The van der Waals surface area contributed by atoms with Gasteiger partial charge in [0.15, 0.2) is 0 Å². The summed E-state index contributed by atoms with van der Waals surface area (Å²) in [6.07, 6.45) is 5.15. The molecule has 1 N–H and O–H groups in total. The minimum Gasteiger partial charge on any atom is -0.252 e. The van der Waals surface area contributed by atoms with Crippen LogP contribution in [0.2, 0.25) is 0 Å². The lowest BCUT2D eigenvalue weighted by Crippen LogP contribution is -1.97. The highest BCUT2D eigenvalue weighted by molar-refractivity contribution is 8.04. The van der Waals surface area contributed by atoms with Crippen LogP contribution in [0.5, 0.6) is 0 Å². The van der Waals surface area contributed by atoms with Gasteiger partial charge in [-0.3, -0.25) is 5.43 Å². The molecule has 0 unspecified atom stereocenters. The third-order valence-corrected chi connectivity index (χ3v) is 3.70. The molecule has 0 spiro atoms. The fraction of sp³-hybridized carbons (Fsp3) is 0.333. The molecule has 3 nitrogen and oxygen atoms in total. The Bertz CT molecular complexity index is 354. The number of allylic oxidation sites excluding steroid dienone is 2. The van der Waals surface area contributed by atoms with Crippen molar-refractivity contribution >= 4 is 33.9 Å². The molecule has 0 atom stereocenters. The third-order valence-electron chi connectivity index (χ3n) is 1.81. The van der Waals surface area contributed by atoms with Gasteiger partial charge in [0.2, 0.25) is 5.13 Å². The molecule has 14 heavy (non-hydrogen) atoms. The predicted octanol–water partition coefficient (Wildman–Crippen LogP) is 2.95. The summed E-state index contributed by atoms with van der Waals surface area (Å²) in [4.78, 5) is 5.38. The first-order valence-corrected chi connectivity index (χ1v) is 6.26. The Morgan fingerprint density at radius 2 is 2.57 bits per heavy atom. The van der Waals surface area contributed by atoms with Crippen LogP contribution in [0.4, 0.5) is 5.13 Å². The maximum absolute atomic E-state index is 4.27. The first-order valence-electron chi connectivity index (χ1n) is 4.39. The number of nitrogens with zero attached hydrogens (tertiary/aromatic N) is 2. The Kier molecular flexibility index (Phi) is 3.21. The highest BCUT2D eigenvalue weighted by Crippen LogP contribution is 2.25. The lowest BCUT2D eigenvalue weighted by atomic mass is 10.3. The van der Waals surface area contributed by atoms with Gasteiger partial charge in [-0.2, -0.15) is 5.10 Å². The summed E-state index contributed by atoms with van der Waals surface area (Å²) in [6, 6.07) is 0. The molecule has 0 radical (unpaired) electrons. The normalized spacial score (nSPS) is 16.9. The van der Waals surface area contributed by atoms with Crippen LogP contribution in [0.15, 0.2) is 27.7 Å². The minimum atomic E-state index is 0.841. The lowest BCUT2D eigenvalue weighted by molar-refractivity contribution is 1.26. The van der Waals surface area contributed by atoms with E-state index in [2.05, 4.69) is 21.6 Å². The van der Waals surface area contributed by atoms with Gasteiger partial charge in [0.1, 0.15) is 0 Å². The molecule has 0 aliphatic carbocycles. The van der Waals surface area contributed by atoms with Gasteiger partial charge in [-0.25, -0.2) is 4.98 Å². The quantitative estimate of drug-likeness (QED) is 0.635. The number of hydrogen-bond donors (Lipinski definition) is 1. The van der Waals surface area contributed by atoms with Crippen LogP contribution >= 0.6 is 23.1 Å². The van der Waals surface area contributed by atoms with Crippen molar-refractivity contribution in [1.82, 2.24) is 4.98 Å². The summed E-state index contributed by atoms with van der Waals surface area (Å²) in [5.74, 6) is 1.18. The van der Waals surface area contributed by atoms with Crippen LogP contribution in [-0.2, 0) is 0 Å². The van der Waals surface area contributed by atoms with Gasteiger partial charge in [0.25, 0.3) is 0 Å². The summed E-state index contributed by atoms with van der Waals surface area (Å²) < 4.78 is 0. The highest BCUT2D eigenvalue weighted by atomic mass is 32.2. The molecule has 1 aromatic heterocycles. The van der Waals surface area contributed by atoms with Gasteiger partial charge < -0.3 is 0 Å². The number of hydrazone groups is 1. The molecule has 1 aromatic rings. The van der Waals surface area contributed by atoms with Gasteiger partial charge in [-0.05, 0) is 13.3 Å². The lowest BCUT2D eigenvalue weighted by Gasteiger charge is -2.00. The largest absolute Gasteiger partial charge is 0.252 e. The fourth-order valence-corrected chi connectivity index (χ4v) is 2.55. The molecule has 0 bridgehead atoms. The molecule has 1 aliphatic heterocycles. The number of thiazole rings is 1. The van der Waals surface area contributed by atoms with E-state index < -0.39 is 0 Å². The van der Waals surface area contributed by atoms with Crippen molar-refractivity contribution in [2.24, 2.45) is 5.10 Å². The Morgan fingerprint density at radius 1 is 1.64 bits per heavy atom. The van der Waals surface area contributed by atoms with Crippen LogP contribution in [0, 0.1) is 0 Å². The second-order valence-electron chi connectivity index (χ2n) is 2.85. The molecule has 0 amide bonds. The molecule has 74 valence electrons. The van der Waals surface area contributed by atoms with E-state index in [1.807, 2.05) is 24.1 Å². The molecule has 0 aromatic carbocycles. The van der Waals surface area contributed by atoms with E-state index in [1.54, 1.807) is 17.5 Å². The Labute approximate surface area is 91.3 Å². The van der Waals surface area contributed by atoms with Crippen LogP contribution in [0.1, 0.15) is 13.3 Å².